The summed E-state index contributed by atoms with van der Waals surface area (Å²) < 4.78 is 6.05. The first-order chi connectivity index (χ1) is 7.65. The van der Waals surface area contributed by atoms with Gasteiger partial charge in [0.2, 0.25) is 0 Å². The van der Waals surface area contributed by atoms with E-state index in [1.165, 1.54) is 0 Å². The van der Waals surface area contributed by atoms with Crippen LogP contribution in [0.25, 0.3) is 0 Å². The molecular weight excluding hydrogens is 270 g/mol. The summed E-state index contributed by atoms with van der Waals surface area (Å²) in [5.41, 5.74) is 8.31. The Balaban J connectivity index is 2.04. The SMILES string of the molecule is Cc1cc(CNc2ccc(Br)cc2N)on1. The van der Waals surface area contributed by atoms with E-state index in [1.807, 2.05) is 31.2 Å². The molecule has 0 saturated carbocycles. The van der Waals surface area contributed by atoms with E-state index in [-0.39, 0.29) is 0 Å². The van der Waals surface area contributed by atoms with Crippen molar-refractivity contribution in [3.8, 4) is 0 Å². The van der Waals surface area contributed by atoms with Gasteiger partial charge in [-0.25, -0.2) is 0 Å². The summed E-state index contributed by atoms with van der Waals surface area (Å²) in [4.78, 5) is 0. The lowest BCUT2D eigenvalue weighted by molar-refractivity contribution is 0.384. The maximum atomic E-state index is 5.85. The van der Waals surface area contributed by atoms with Crippen LogP contribution in [0.15, 0.2) is 33.3 Å². The van der Waals surface area contributed by atoms with Crippen molar-refractivity contribution in [3.63, 3.8) is 0 Å². The highest BCUT2D eigenvalue weighted by molar-refractivity contribution is 9.10. The van der Waals surface area contributed by atoms with Gasteiger partial charge < -0.3 is 15.6 Å². The molecule has 0 aliphatic heterocycles. The zero-order chi connectivity index (χ0) is 11.5. The number of aryl methyl sites for hydroxylation is 1. The highest BCUT2D eigenvalue weighted by Gasteiger charge is 2.02. The van der Waals surface area contributed by atoms with Gasteiger partial charge in [-0.15, -0.1) is 0 Å². The molecule has 0 aliphatic rings. The van der Waals surface area contributed by atoms with Crippen LogP contribution >= 0.6 is 15.9 Å². The second-order valence-electron chi connectivity index (χ2n) is 3.52. The van der Waals surface area contributed by atoms with Crippen molar-refractivity contribution >= 4 is 27.3 Å². The molecule has 5 heteroatoms. The minimum absolute atomic E-state index is 0.576. The third-order valence-corrected chi connectivity index (χ3v) is 2.64. The molecule has 2 aromatic rings. The second kappa shape index (κ2) is 4.57. The standard InChI is InChI=1S/C11H12BrN3O/c1-7-4-9(16-15-7)6-14-11-3-2-8(12)5-10(11)13/h2-5,14H,6,13H2,1H3. The molecule has 0 aliphatic carbocycles. The van der Waals surface area contributed by atoms with Gasteiger partial charge in [0.1, 0.15) is 0 Å². The molecule has 0 saturated heterocycles. The maximum absolute atomic E-state index is 5.85. The number of halogens is 1. The van der Waals surface area contributed by atoms with Crippen molar-refractivity contribution in [1.82, 2.24) is 5.16 Å². The van der Waals surface area contributed by atoms with Gasteiger partial charge in [0.05, 0.1) is 23.6 Å². The lowest BCUT2D eigenvalue weighted by atomic mass is 10.2. The fraction of sp³-hybridized carbons (Fsp3) is 0.182. The molecule has 1 heterocycles. The molecule has 0 spiro atoms. The number of anilines is 2. The number of aromatic nitrogens is 1. The van der Waals surface area contributed by atoms with Crippen LogP contribution in [0, 0.1) is 6.92 Å². The van der Waals surface area contributed by atoms with Crippen LogP contribution in [0.4, 0.5) is 11.4 Å². The largest absolute Gasteiger partial charge is 0.397 e. The zero-order valence-corrected chi connectivity index (χ0v) is 10.4. The Kier molecular flexibility index (Phi) is 3.14. The number of nitrogen functional groups attached to an aromatic ring is 1. The van der Waals surface area contributed by atoms with Crippen molar-refractivity contribution < 1.29 is 4.52 Å². The van der Waals surface area contributed by atoms with E-state index in [0.29, 0.717) is 12.2 Å². The lowest BCUT2D eigenvalue weighted by Crippen LogP contribution is -2.01. The third-order valence-electron chi connectivity index (χ3n) is 2.14. The first-order valence-electron chi connectivity index (χ1n) is 4.86. The van der Waals surface area contributed by atoms with E-state index < -0.39 is 0 Å². The van der Waals surface area contributed by atoms with E-state index in [4.69, 9.17) is 10.3 Å². The minimum Gasteiger partial charge on any atom is -0.397 e. The Morgan fingerprint density at radius 1 is 1.44 bits per heavy atom. The highest BCUT2D eigenvalue weighted by Crippen LogP contribution is 2.23. The van der Waals surface area contributed by atoms with E-state index in [2.05, 4.69) is 26.4 Å². The van der Waals surface area contributed by atoms with Gasteiger partial charge in [0.15, 0.2) is 5.76 Å². The Labute approximate surface area is 102 Å². The Morgan fingerprint density at radius 2 is 2.25 bits per heavy atom. The van der Waals surface area contributed by atoms with E-state index in [1.54, 1.807) is 0 Å². The van der Waals surface area contributed by atoms with E-state index in [9.17, 15) is 0 Å². The van der Waals surface area contributed by atoms with Crippen molar-refractivity contribution in [2.45, 2.75) is 13.5 Å². The normalized spacial score (nSPS) is 10.4. The summed E-state index contributed by atoms with van der Waals surface area (Å²) in [6.45, 7) is 2.47. The number of hydrogen-bond donors (Lipinski definition) is 2. The molecule has 3 N–H and O–H groups in total. The predicted molar refractivity (Wildman–Crippen MR) is 67.1 cm³/mol. The number of hydrogen-bond acceptors (Lipinski definition) is 4. The summed E-state index contributed by atoms with van der Waals surface area (Å²) in [5.74, 6) is 0.791. The van der Waals surface area contributed by atoms with Crippen LogP contribution in [0.2, 0.25) is 0 Å². The molecule has 0 unspecified atom stereocenters. The first kappa shape index (κ1) is 11.0. The fourth-order valence-corrected chi connectivity index (χ4v) is 1.76. The van der Waals surface area contributed by atoms with Crippen LogP contribution in [0.5, 0.6) is 0 Å². The summed E-state index contributed by atoms with van der Waals surface area (Å²) in [5, 5.41) is 7.00. The van der Waals surface area contributed by atoms with Gasteiger partial charge in [0.25, 0.3) is 0 Å². The second-order valence-corrected chi connectivity index (χ2v) is 4.44. The molecule has 0 bridgehead atoms. The van der Waals surface area contributed by atoms with Gasteiger partial charge in [-0.05, 0) is 25.1 Å². The van der Waals surface area contributed by atoms with Crippen LogP contribution in [0.3, 0.4) is 0 Å². The maximum Gasteiger partial charge on any atom is 0.156 e. The molecule has 0 radical (unpaired) electrons. The zero-order valence-electron chi connectivity index (χ0n) is 8.83. The lowest BCUT2D eigenvalue weighted by Gasteiger charge is -2.07. The van der Waals surface area contributed by atoms with Crippen LogP contribution in [-0.4, -0.2) is 5.16 Å². The summed E-state index contributed by atoms with van der Waals surface area (Å²) in [6, 6.07) is 7.60. The molecule has 2 rings (SSSR count). The average molecular weight is 282 g/mol. The van der Waals surface area contributed by atoms with Gasteiger partial charge in [-0.2, -0.15) is 0 Å². The summed E-state index contributed by atoms with van der Waals surface area (Å²) in [7, 11) is 0. The Hall–Kier alpha value is -1.49. The molecule has 1 aromatic carbocycles. The molecule has 1 aromatic heterocycles. The van der Waals surface area contributed by atoms with Gasteiger partial charge in [0, 0.05) is 10.5 Å². The number of rotatable bonds is 3. The summed E-state index contributed by atoms with van der Waals surface area (Å²) >= 11 is 3.36. The third kappa shape index (κ3) is 2.55. The van der Waals surface area contributed by atoms with Crippen molar-refractivity contribution in [2.24, 2.45) is 0 Å². The van der Waals surface area contributed by atoms with Crippen LogP contribution in [-0.2, 0) is 6.54 Å². The number of nitrogens with two attached hydrogens (primary N) is 1. The summed E-state index contributed by atoms with van der Waals surface area (Å²) in [6.07, 6.45) is 0. The Bertz CT molecular complexity index is 496. The molecule has 0 atom stereocenters. The Morgan fingerprint density at radius 3 is 2.88 bits per heavy atom. The smallest absolute Gasteiger partial charge is 0.156 e. The van der Waals surface area contributed by atoms with Crippen LogP contribution in [0.1, 0.15) is 11.5 Å². The number of benzene rings is 1. The van der Waals surface area contributed by atoms with Crippen molar-refractivity contribution in [1.29, 1.82) is 0 Å². The minimum atomic E-state index is 0.576. The molecule has 16 heavy (non-hydrogen) atoms. The van der Waals surface area contributed by atoms with Gasteiger partial charge >= 0.3 is 0 Å². The number of nitrogens with zero attached hydrogens (tertiary/aromatic N) is 1. The fourth-order valence-electron chi connectivity index (χ4n) is 1.38. The molecule has 4 nitrogen and oxygen atoms in total. The van der Waals surface area contributed by atoms with Crippen LogP contribution < -0.4 is 11.1 Å². The predicted octanol–water partition coefficient (Wildman–Crippen LogP) is 2.94. The van der Waals surface area contributed by atoms with Crippen molar-refractivity contribution in [2.75, 3.05) is 11.1 Å². The number of nitrogens with one attached hydrogen (secondary N) is 1. The molecule has 0 fully saturated rings. The molecule has 84 valence electrons. The topological polar surface area (TPSA) is 64.1 Å². The molecular formula is C11H12BrN3O. The van der Waals surface area contributed by atoms with Crippen molar-refractivity contribution in [3.05, 3.63) is 40.2 Å². The van der Waals surface area contributed by atoms with Gasteiger partial charge in [-0.1, -0.05) is 21.1 Å². The molecule has 0 amide bonds. The quantitative estimate of drug-likeness (QED) is 0.849. The monoisotopic (exact) mass is 281 g/mol. The van der Waals surface area contributed by atoms with Gasteiger partial charge in [-0.3, -0.25) is 0 Å². The van der Waals surface area contributed by atoms with E-state index >= 15 is 0 Å². The first-order valence-corrected chi connectivity index (χ1v) is 5.65. The van der Waals surface area contributed by atoms with E-state index in [0.717, 1.165) is 21.6 Å². The highest BCUT2D eigenvalue weighted by atomic mass is 79.9. The average Bonchev–Trinajstić information content (AvgIpc) is 2.63.